The molecule has 2 saturated heterocycles. The molecular weight excluding hydrogens is 404 g/mol. The third-order valence-corrected chi connectivity index (χ3v) is 6.63. The summed E-state index contributed by atoms with van der Waals surface area (Å²) in [4.78, 5) is 39.0. The van der Waals surface area contributed by atoms with Crippen LogP contribution in [0.25, 0.3) is 0 Å². The summed E-state index contributed by atoms with van der Waals surface area (Å²) in [6.45, 7) is 6.92. The molecule has 0 N–H and O–H groups in total. The smallest absolute Gasteiger partial charge is 0.254 e. The first-order valence-corrected chi connectivity index (χ1v) is 11.5. The van der Waals surface area contributed by atoms with Crippen molar-refractivity contribution in [3.8, 4) is 5.75 Å². The van der Waals surface area contributed by atoms with Gasteiger partial charge in [-0.1, -0.05) is 6.07 Å². The lowest BCUT2D eigenvalue weighted by molar-refractivity contribution is -0.131. The van der Waals surface area contributed by atoms with Crippen LogP contribution in [0.2, 0.25) is 0 Å². The van der Waals surface area contributed by atoms with Gasteiger partial charge in [0, 0.05) is 54.6 Å². The van der Waals surface area contributed by atoms with Crippen molar-refractivity contribution in [2.75, 3.05) is 33.3 Å². The maximum atomic E-state index is 12.9. The van der Waals surface area contributed by atoms with E-state index >= 15 is 0 Å². The zero-order chi connectivity index (χ0) is 22.7. The molecule has 2 aliphatic rings. The standard InChI is InChI=1S/C25H32N4O3/c1-17-22(15-23(30)28-11-5-4-6-12-28)18(2)27-24(26-17)20-10-13-29(16-20)25(31)19-8-7-9-21(14-19)32-3/h7-9,14,20H,4-6,10-13,15-16H2,1-3H3. The molecule has 2 fully saturated rings. The molecular formula is C25H32N4O3. The van der Waals surface area contributed by atoms with Crippen LogP contribution in [0.15, 0.2) is 24.3 Å². The van der Waals surface area contributed by atoms with Gasteiger partial charge in [0.15, 0.2) is 0 Å². The highest BCUT2D eigenvalue weighted by atomic mass is 16.5. The first kappa shape index (κ1) is 22.2. The molecule has 1 aromatic carbocycles. The number of benzene rings is 1. The molecule has 1 aromatic heterocycles. The summed E-state index contributed by atoms with van der Waals surface area (Å²) >= 11 is 0. The van der Waals surface area contributed by atoms with E-state index in [1.807, 2.05) is 41.8 Å². The number of aryl methyl sites for hydroxylation is 2. The number of ether oxygens (including phenoxy) is 1. The van der Waals surface area contributed by atoms with Gasteiger partial charge < -0.3 is 14.5 Å². The number of carbonyl (C=O) groups excluding carboxylic acids is 2. The average Bonchev–Trinajstić information content (AvgIpc) is 3.31. The summed E-state index contributed by atoms with van der Waals surface area (Å²) < 4.78 is 5.24. The molecule has 2 aromatic rings. The summed E-state index contributed by atoms with van der Waals surface area (Å²) in [6, 6.07) is 7.26. The van der Waals surface area contributed by atoms with Crippen molar-refractivity contribution in [3.05, 3.63) is 52.6 Å². The van der Waals surface area contributed by atoms with Gasteiger partial charge in [0.25, 0.3) is 5.91 Å². The van der Waals surface area contributed by atoms with Crippen LogP contribution in [-0.2, 0) is 11.2 Å². The Balaban J connectivity index is 1.44. The van der Waals surface area contributed by atoms with Crippen molar-refractivity contribution >= 4 is 11.8 Å². The van der Waals surface area contributed by atoms with Crippen molar-refractivity contribution in [1.82, 2.24) is 19.8 Å². The van der Waals surface area contributed by atoms with Gasteiger partial charge >= 0.3 is 0 Å². The van der Waals surface area contributed by atoms with Crippen LogP contribution < -0.4 is 4.74 Å². The van der Waals surface area contributed by atoms with Gasteiger partial charge in [-0.25, -0.2) is 9.97 Å². The van der Waals surface area contributed by atoms with Crippen molar-refractivity contribution < 1.29 is 14.3 Å². The Morgan fingerprint density at radius 1 is 1.03 bits per heavy atom. The lowest BCUT2D eigenvalue weighted by atomic mass is 10.0. The number of likely N-dealkylation sites (tertiary alicyclic amines) is 2. The monoisotopic (exact) mass is 436 g/mol. The van der Waals surface area contributed by atoms with E-state index in [0.29, 0.717) is 30.8 Å². The van der Waals surface area contributed by atoms with Crippen LogP contribution in [0.3, 0.4) is 0 Å². The Hall–Kier alpha value is -2.96. The predicted octanol–water partition coefficient (Wildman–Crippen LogP) is 3.29. The summed E-state index contributed by atoms with van der Waals surface area (Å²) in [5, 5.41) is 0. The highest BCUT2D eigenvalue weighted by molar-refractivity contribution is 5.94. The van der Waals surface area contributed by atoms with Crippen LogP contribution in [0.1, 0.15) is 64.7 Å². The normalized spacial score (nSPS) is 18.7. The number of hydrogen-bond donors (Lipinski definition) is 0. The van der Waals surface area contributed by atoms with Gasteiger partial charge in [-0.2, -0.15) is 0 Å². The van der Waals surface area contributed by atoms with Crippen molar-refractivity contribution in [3.63, 3.8) is 0 Å². The van der Waals surface area contributed by atoms with Crippen LogP contribution in [0.4, 0.5) is 0 Å². The first-order chi connectivity index (χ1) is 15.5. The minimum absolute atomic E-state index is 0.00333. The van der Waals surface area contributed by atoms with E-state index in [1.54, 1.807) is 13.2 Å². The van der Waals surface area contributed by atoms with Gasteiger partial charge in [0.2, 0.25) is 5.91 Å². The van der Waals surface area contributed by atoms with E-state index in [0.717, 1.165) is 55.1 Å². The van der Waals surface area contributed by atoms with Crippen LogP contribution in [0, 0.1) is 13.8 Å². The molecule has 170 valence electrons. The maximum Gasteiger partial charge on any atom is 0.254 e. The Morgan fingerprint density at radius 2 is 1.75 bits per heavy atom. The Labute approximate surface area is 189 Å². The second kappa shape index (κ2) is 9.67. The van der Waals surface area contributed by atoms with Gasteiger partial charge in [0.1, 0.15) is 11.6 Å². The summed E-state index contributed by atoms with van der Waals surface area (Å²) in [5.41, 5.74) is 3.31. The molecule has 32 heavy (non-hydrogen) atoms. The lowest BCUT2D eigenvalue weighted by Gasteiger charge is -2.27. The average molecular weight is 437 g/mol. The molecule has 2 aliphatic heterocycles. The zero-order valence-corrected chi connectivity index (χ0v) is 19.3. The summed E-state index contributed by atoms with van der Waals surface area (Å²) in [6.07, 6.45) is 4.58. The Bertz CT molecular complexity index is 977. The first-order valence-electron chi connectivity index (χ1n) is 11.5. The van der Waals surface area contributed by atoms with Crippen molar-refractivity contribution in [2.24, 2.45) is 0 Å². The highest BCUT2D eigenvalue weighted by Crippen LogP contribution is 2.28. The highest BCUT2D eigenvalue weighted by Gasteiger charge is 2.31. The fourth-order valence-electron chi connectivity index (χ4n) is 4.70. The third-order valence-electron chi connectivity index (χ3n) is 6.63. The molecule has 2 amide bonds. The largest absolute Gasteiger partial charge is 0.497 e. The summed E-state index contributed by atoms with van der Waals surface area (Å²) in [5.74, 6) is 1.73. The summed E-state index contributed by atoms with van der Waals surface area (Å²) in [7, 11) is 1.60. The van der Waals surface area contributed by atoms with E-state index in [4.69, 9.17) is 14.7 Å². The van der Waals surface area contributed by atoms with Crippen LogP contribution >= 0.6 is 0 Å². The number of rotatable bonds is 5. The number of aromatic nitrogens is 2. The van der Waals surface area contributed by atoms with E-state index in [1.165, 1.54) is 6.42 Å². The van der Waals surface area contributed by atoms with E-state index in [9.17, 15) is 9.59 Å². The predicted molar refractivity (Wildman–Crippen MR) is 122 cm³/mol. The maximum absolute atomic E-state index is 12.9. The number of amides is 2. The lowest BCUT2D eigenvalue weighted by Crippen LogP contribution is -2.37. The number of hydrogen-bond acceptors (Lipinski definition) is 5. The fraction of sp³-hybridized carbons (Fsp3) is 0.520. The third kappa shape index (κ3) is 4.76. The Kier molecular flexibility index (Phi) is 6.72. The van der Waals surface area contributed by atoms with E-state index in [-0.39, 0.29) is 17.7 Å². The number of piperidine rings is 1. The quantitative estimate of drug-likeness (QED) is 0.719. The number of nitrogens with zero attached hydrogens (tertiary/aromatic N) is 4. The molecule has 0 aliphatic carbocycles. The molecule has 0 saturated carbocycles. The topological polar surface area (TPSA) is 75.6 Å². The van der Waals surface area contributed by atoms with Gasteiger partial charge in [-0.15, -0.1) is 0 Å². The second-order valence-electron chi connectivity index (χ2n) is 8.82. The SMILES string of the molecule is COc1cccc(C(=O)N2CCC(c3nc(C)c(CC(=O)N4CCCCC4)c(C)n3)C2)c1. The van der Waals surface area contributed by atoms with E-state index in [2.05, 4.69) is 0 Å². The zero-order valence-electron chi connectivity index (χ0n) is 19.3. The second-order valence-corrected chi connectivity index (χ2v) is 8.82. The molecule has 7 heteroatoms. The van der Waals surface area contributed by atoms with Gasteiger partial charge in [0.05, 0.1) is 13.5 Å². The fourth-order valence-corrected chi connectivity index (χ4v) is 4.70. The van der Waals surface area contributed by atoms with Crippen molar-refractivity contribution in [2.45, 2.75) is 51.9 Å². The molecule has 7 nitrogen and oxygen atoms in total. The number of carbonyl (C=O) groups is 2. The number of methoxy groups -OCH3 is 1. The molecule has 0 bridgehead atoms. The molecule has 0 radical (unpaired) electrons. The van der Waals surface area contributed by atoms with E-state index < -0.39 is 0 Å². The molecule has 1 atom stereocenters. The van der Waals surface area contributed by atoms with Crippen molar-refractivity contribution in [1.29, 1.82) is 0 Å². The molecule has 3 heterocycles. The Morgan fingerprint density at radius 3 is 2.44 bits per heavy atom. The van der Waals surface area contributed by atoms with Gasteiger partial charge in [-0.05, 0) is 57.7 Å². The molecule has 4 rings (SSSR count). The van der Waals surface area contributed by atoms with Crippen LogP contribution in [-0.4, -0.2) is 64.9 Å². The van der Waals surface area contributed by atoms with Crippen LogP contribution in [0.5, 0.6) is 5.75 Å². The molecule has 1 unspecified atom stereocenters. The minimum atomic E-state index is 0.00333. The minimum Gasteiger partial charge on any atom is -0.497 e. The molecule has 0 spiro atoms. The van der Waals surface area contributed by atoms with Gasteiger partial charge in [-0.3, -0.25) is 9.59 Å².